The maximum atomic E-state index is 5.46. The van der Waals surface area contributed by atoms with Crippen molar-refractivity contribution < 1.29 is 0 Å². The lowest BCUT2D eigenvalue weighted by Gasteiger charge is -1.97. The van der Waals surface area contributed by atoms with Crippen molar-refractivity contribution in [2.45, 2.75) is 6.92 Å². The Labute approximate surface area is 49.5 Å². The second kappa shape index (κ2) is 2.86. The van der Waals surface area contributed by atoms with E-state index in [0.29, 0.717) is 5.03 Å². The number of hydrogen-bond donors (Lipinski definition) is 0. The SMILES string of the molecule is C=CC(C)C(=C)Cl. The molecular weight excluding hydrogens is 108 g/mol. The van der Waals surface area contributed by atoms with Crippen LogP contribution in [0, 0.1) is 5.92 Å². The predicted molar refractivity (Wildman–Crippen MR) is 34.4 cm³/mol. The molecule has 0 radical (unpaired) electrons. The highest BCUT2D eigenvalue weighted by Crippen LogP contribution is 2.11. The van der Waals surface area contributed by atoms with Gasteiger partial charge in [0.1, 0.15) is 0 Å². The molecule has 1 unspecified atom stereocenters. The molecule has 0 heterocycles. The summed E-state index contributed by atoms with van der Waals surface area (Å²) in [5, 5.41) is 0.648. The minimum absolute atomic E-state index is 0.238. The first-order chi connectivity index (χ1) is 3.18. The average Bonchev–Trinajstić information content (AvgIpc) is 1.65. The average molecular weight is 117 g/mol. The summed E-state index contributed by atoms with van der Waals surface area (Å²) in [6, 6.07) is 0. The van der Waals surface area contributed by atoms with Gasteiger partial charge in [0.05, 0.1) is 0 Å². The zero-order valence-electron chi connectivity index (χ0n) is 4.45. The van der Waals surface area contributed by atoms with Gasteiger partial charge in [0.15, 0.2) is 0 Å². The smallest absolute Gasteiger partial charge is 0.0175 e. The van der Waals surface area contributed by atoms with E-state index in [-0.39, 0.29) is 5.92 Å². The quantitative estimate of drug-likeness (QED) is 0.487. The second-order valence-electron chi connectivity index (χ2n) is 1.47. The van der Waals surface area contributed by atoms with Crippen molar-refractivity contribution in [1.29, 1.82) is 0 Å². The van der Waals surface area contributed by atoms with Crippen LogP contribution in [0.25, 0.3) is 0 Å². The molecule has 0 nitrogen and oxygen atoms in total. The normalized spacial score (nSPS) is 12.9. The Morgan fingerprint density at radius 1 is 1.86 bits per heavy atom. The first-order valence-corrected chi connectivity index (χ1v) is 2.53. The van der Waals surface area contributed by atoms with E-state index in [1.54, 1.807) is 6.08 Å². The maximum Gasteiger partial charge on any atom is 0.0175 e. The van der Waals surface area contributed by atoms with E-state index in [4.69, 9.17) is 11.6 Å². The van der Waals surface area contributed by atoms with Gasteiger partial charge >= 0.3 is 0 Å². The fourth-order valence-corrected chi connectivity index (χ4v) is 0.217. The van der Waals surface area contributed by atoms with Crippen LogP contribution in [-0.2, 0) is 0 Å². The van der Waals surface area contributed by atoms with Crippen LogP contribution in [0.15, 0.2) is 24.3 Å². The number of hydrogen-bond acceptors (Lipinski definition) is 0. The molecule has 40 valence electrons. The third-order valence-corrected chi connectivity index (χ3v) is 1.19. The molecular formula is C6H9Cl. The summed E-state index contributed by atoms with van der Waals surface area (Å²) in [5.41, 5.74) is 0. The topological polar surface area (TPSA) is 0 Å². The molecule has 0 saturated heterocycles. The van der Waals surface area contributed by atoms with Crippen LogP contribution in [0.2, 0.25) is 0 Å². The van der Waals surface area contributed by atoms with Crippen LogP contribution in [0.4, 0.5) is 0 Å². The molecule has 0 aromatic rings. The monoisotopic (exact) mass is 116 g/mol. The molecule has 1 heteroatoms. The van der Waals surface area contributed by atoms with Crippen molar-refractivity contribution in [3.63, 3.8) is 0 Å². The lowest BCUT2D eigenvalue weighted by molar-refractivity contribution is 0.926. The number of halogens is 1. The zero-order valence-corrected chi connectivity index (χ0v) is 5.20. The molecule has 0 N–H and O–H groups in total. The molecule has 0 aliphatic heterocycles. The van der Waals surface area contributed by atoms with E-state index in [2.05, 4.69) is 13.2 Å². The summed E-state index contributed by atoms with van der Waals surface area (Å²) >= 11 is 5.46. The summed E-state index contributed by atoms with van der Waals surface area (Å²) in [5.74, 6) is 0.238. The summed E-state index contributed by atoms with van der Waals surface area (Å²) in [7, 11) is 0. The molecule has 0 rings (SSSR count). The first kappa shape index (κ1) is 6.77. The van der Waals surface area contributed by atoms with Gasteiger partial charge in [0.25, 0.3) is 0 Å². The van der Waals surface area contributed by atoms with Gasteiger partial charge in [-0.3, -0.25) is 0 Å². The molecule has 0 aliphatic carbocycles. The Morgan fingerprint density at radius 3 is 2.29 bits per heavy atom. The van der Waals surface area contributed by atoms with Gasteiger partial charge in [-0.2, -0.15) is 0 Å². The molecule has 0 spiro atoms. The van der Waals surface area contributed by atoms with Crippen LogP contribution in [0.1, 0.15) is 6.92 Å². The Kier molecular flexibility index (Phi) is 2.77. The summed E-state index contributed by atoms with van der Waals surface area (Å²) in [4.78, 5) is 0. The van der Waals surface area contributed by atoms with Gasteiger partial charge in [-0.15, -0.1) is 6.58 Å². The lowest BCUT2D eigenvalue weighted by atomic mass is 10.2. The highest BCUT2D eigenvalue weighted by molar-refractivity contribution is 6.29. The number of allylic oxidation sites excluding steroid dienone is 2. The molecule has 7 heavy (non-hydrogen) atoms. The highest BCUT2D eigenvalue weighted by Gasteiger charge is 1.93. The highest BCUT2D eigenvalue weighted by atomic mass is 35.5. The van der Waals surface area contributed by atoms with Crippen molar-refractivity contribution in [3.05, 3.63) is 24.3 Å². The Bertz CT molecular complexity index is 84.2. The van der Waals surface area contributed by atoms with Gasteiger partial charge in [-0.25, -0.2) is 0 Å². The summed E-state index contributed by atoms with van der Waals surface area (Å²) in [6.45, 7) is 9.00. The molecule has 1 atom stereocenters. The Hall–Kier alpha value is -0.230. The van der Waals surface area contributed by atoms with Crippen molar-refractivity contribution >= 4 is 11.6 Å². The molecule has 0 aliphatic rings. The van der Waals surface area contributed by atoms with Crippen LogP contribution >= 0.6 is 11.6 Å². The first-order valence-electron chi connectivity index (χ1n) is 2.15. The van der Waals surface area contributed by atoms with Gasteiger partial charge in [0.2, 0.25) is 0 Å². The van der Waals surface area contributed by atoms with Crippen molar-refractivity contribution in [1.82, 2.24) is 0 Å². The lowest BCUT2D eigenvalue weighted by Crippen LogP contribution is -1.83. The minimum atomic E-state index is 0.238. The van der Waals surface area contributed by atoms with E-state index in [1.165, 1.54) is 0 Å². The van der Waals surface area contributed by atoms with Crippen molar-refractivity contribution in [2.24, 2.45) is 5.92 Å². The molecule has 0 aromatic heterocycles. The van der Waals surface area contributed by atoms with E-state index < -0.39 is 0 Å². The Morgan fingerprint density at radius 2 is 2.29 bits per heavy atom. The third-order valence-electron chi connectivity index (χ3n) is 0.848. The molecule has 0 bridgehead atoms. The molecule has 0 fully saturated rings. The van der Waals surface area contributed by atoms with Crippen molar-refractivity contribution in [3.8, 4) is 0 Å². The van der Waals surface area contributed by atoms with E-state index in [1.807, 2.05) is 6.92 Å². The van der Waals surface area contributed by atoms with Crippen LogP contribution < -0.4 is 0 Å². The van der Waals surface area contributed by atoms with Gasteiger partial charge < -0.3 is 0 Å². The van der Waals surface area contributed by atoms with E-state index in [9.17, 15) is 0 Å². The second-order valence-corrected chi connectivity index (χ2v) is 1.96. The van der Waals surface area contributed by atoms with Crippen LogP contribution in [0.3, 0.4) is 0 Å². The van der Waals surface area contributed by atoms with Crippen LogP contribution in [0.5, 0.6) is 0 Å². The van der Waals surface area contributed by atoms with Crippen LogP contribution in [-0.4, -0.2) is 0 Å². The van der Waals surface area contributed by atoms with E-state index >= 15 is 0 Å². The standard InChI is InChI=1S/C6H9Cl/c1-4-5(2)6(3)7/h4-5H,1,3H2,2H3. The zero-order chi connectivity index (χ0) is 5.86. The summed E-state index contributed by atoms with van der Waals surface area (Å²) in [6.07, 6.45) is 1.76. The molecule has 0 saturated carbocycles. The minimum Gasteiger partial charge on any atom is -0.102 e. The van der Waals surface area contributed by atoms with Gasteiger partial charge in [-0.1, -0.05) is 31.2 Å². The fraction of sp³-hybridized carbons (Fsp3) is 0.333. The van der Waals surface area contributed by atoms with Crippen molar-refractivity contribution in [2.75, 3.05) is 0 Å². The Balaban J connectivity index is 3.55. The number of rotatable bonds is 2. The molecule has 0 amide bonds. The maximum absolute atomic E-state index is 5.46. The largest absolute Gasteiger partial charge is 0.102 e. The van der Waals surface area contributed by atoms with Gasteiger partial charge in [-0.05, 0) is 0 Å². The van der Waals surface area contributed by atoms with E-state index in [0.717, 1.165) is 0 Å². The van der Waals surface area contributed by atoms with Gasteiger partial charge in [0, 0.05) is 11.0 Å². The summed E-state index contributed by atoms with van der Waals surface area (Å²) < 4.78 is 0. The molecule has 0 aromatic carbocycles. The third kappa shape index (κ3) is 2.46. The predicted octanol–water partition coefficient (Wildman–Crippen LogP) is 2.56. The fourth-order valence-electron chi connectivity index (χ4n) is 0.128.